The summed E-state index contributed by atoms with van der Waals surface area (Å²) < 4.78 is 0. The van der Waals surface area contributed by atoms with Gasteiger partial charge < -0.3 is 10.2 Å². The molecule has 2 aliphatic rings. The molecule has 0 saturated heterocycles. The average Bonchev–Trinajstić information content (AvgIpc) is 2.76. The van der Waals surface area contributed by atoms with Gasteiger partial charge in [-0.05, 0) is 62.2 Å². The summed E-state index contributed by atoms with van der Waals surface area (Å²) in [5, 5.41) is 18.9. The number of rotatable bonds is 12. The second-order valence-corrected chi connectivity index (χ2v) is 12.1. The van der Waals surface area contributed by atoms with Crippen molar-refractivity contribution in [2.24, 2.45) is 34.5 Å². The van der Waals surface area contributed by atoms with Crippen LogP contribution in [-0.4, -0.2) is 35.0 Å². The van der Waals surface area contributed by atoms with Gasteiger partial charge in [0.15, 0.2) is 0 Å². The fourth-order valence-electron chi connectivity index (χ4n) is 5.38. The number of carbonyl (C=O) groups excluding carboxylic acids is 2. The minimum Gasteiger partial charge on any atom is -0.396 e. The largest absolute Gasteiger partial charge is 0.396 e. The Morgan fingerprint density at radius 1 is 0.719 bits per heavy atom. The van der Waals surface area contributed by atoms with Crippen LogP contribution in [0.15, 0.2) is 12.2 Å². The molecule has 184 valence electrons. The molecule has 2 fully saturated rings. The van der Waals surface area contributed by atoms with Crippen molar-refractivity contribution in [1.29, 1.82) is 0 Å². The minimum absolute atomic E-state index is 0.0295. The van der Waals surface area contributed by atoms with Crippen molar-refractivity contribution in [1.82, 2.24) is 0 Å². The van der Waals surface area contributed by atoms with Gasteiger partial charge in [0.1, 0.15) is 11.6 Å². The topological polar surface area (TPSA) is 74.6 Å². The summed E-state index contributed by atoms with van der Waals surface area (Å²) in [6.45, 7) is 8.66. The molecule has 0 aromatic rings. The number of aliphatic hydroxyl groups excluding tert-OH is 2. The SMILES string of the molecule is CC(C)(CO)CCCC1CCCC(/C=C/C2CCCC(CCCC(C)(C)CO)C2=O)C1=O. The lowest BCUT2D eigenvalue weighted by atomic mass is 9.74. The van der Waals surface area contributed by atoms with Gasteiger partial charge in [0.05, 0.1) is 0 Å². The van der Waals surface area contributed by atoms with Crippen molar-refractivity contribution in [3.63, 3.8) is 0 Å². The molecular formula is C28H48O4. The zero-order chi connectivity index (χ0) is 23.8. The van der Waals surface area contributed by atoms with Gasteiger partial charge in [-0.15, -0.1) is 0 Å². The Hall–Kier alpha value is -1.00. The molecule has 0 aromatic heterocycles. The number of ketones is 2. The Balaban J connectivity index is 1.85. The molecule has 4 unspecified atom stereocenters. The molecule has 0 radical (unpaired) electrons. The summed E-state index contributed by atoms with van der Waals surface area (Å²) in [5.74, 6) is 0.937. The number of allylic oxidation sites excluding steroid dienone is 2. The molecule has 0 heterocycles. The van der Waals surface area contributed by atoms with Crippen LogP contribution in [0.1, 0.15) is 105 Å². The van der Waals surface area contributed by atoms with E-state index in [9.17, 15) is 19.8 Å². The molecule has 32 heavy (non-hydrogen) atoms. The van der Waals surface area contributed by atoms with E-state index in [2.05, 4.69) is 39.8 Å². The smallest absolute Gasteiger partial charge is 0.142 e. The van der Waals surface area contributed by atoms with Crippen molar-refractivity contribution in [3.05, 3.63) is 12.2 Å². The number of carbonyl (C=O) groups is 2. The number of hydrogen-bond acceptors (Lipinski definition) is 4. The predicted molar refractivity (Wildman–Crippen MR) is 130 cm³/mol. The highest BCUT2D eigenvalue weighted by Gasteiger charge is 2.32. The first-order valence-corrected chi connectivity index (χ1v) is 13.1. The van der Waals surface area contributed by atoms with Crippen molar-refractivity contribution < 1.29 is 19.8 Å². The molecule has 4 nitrogen and oxygen atoms in total. The van der Waals surface area contributed by atoms with E-state index in [1.807, 2.05) is 0 Å². The average molecular weight is 449 g/mol. The van der Waals surface area contributed by atoms with Gasteiger partial charge in [-0.3, -0.25) is 9.59 Å². The van der Waals surface area contributed by atoms with Crippen LogP contribution in [0.2, 0.25) is 0 Å². The minimum atomic E-state index is -0.0667. The zero-order valence-corrected chi connectivity index (χ0v) is 21.1. The van der Waals surface area contributed by atoms with Crippen LogP contribution in [0.5, 0.6) is 0 Å². The zero-order valence-electron chi connectivity index (χ0n) is 21.1. The van der Waals surface area contributed by atoms with E-state index in [0.717, 1.165) is 77.0 Å². The van der Waals surface area contributed by atoms with Crippen LogP contribution < -0.4 is 0 Å². The highest BCUT2D eigenvalue weighted by atomic mass is 16.3. The Morgan fingerprint density at radius 3 is 1.44 bits per heavy atom. The Bertz CT molecular complexity index is 579. The molecule has 2 saturated carbocycles. The molecule has 0 bridgehead atoms. The first-order valence-electron chi connectivity index (χ1n) is 13.1. The molecular weight excluding hydrogens is 400 g/mol. The van der Waals surface area contributed by atoms with Gasteiger partial charge in [-0.2, -0.15) is 0 Å². The van der Waals surface area contributed by atoms with Crippen molar-refractivity contribution in [2.75, 3.05) is 13.2 Å². The third kappa shape index (κ3) is 8.41. The maximum Gasteiger partial charge on any atom is 0.142 e. The second-order valence-electron chi connectivity index (χ2n) is 12.1. The predicted octanol–water partition coefficient (Wildman–Crippen LogP) is 5.89. The molecule has 0 spiro atoms. The van der Waals surface area contributed by atoms with Gasteiger partial charge in [0.2, 0.25) is 0 Å². The van der Waals surface area contributed by atoms with Crippen LogP contribution in [0.4, 0.5) is 0 Å². The van der Waals surface area contributed by atoms with E-state index in [1.165, 1.54) is 0 Å². The van der Waals surface area contributed by atoms with Crippen molar-refractivity contribution >= 4 is 11.6 Å². The van der Waals surface area contributed by atoms with E-state index in [-0.39, 0.29) is 47.7 Å². The summed E-state index contributed by atoms with van der Waals surface area (Å²) in [6.07, 6.45) is 15.8. The lowest BCUT2D eigenvalue weighted by molar-refractivity contribution is -0.129. The molecule has 4 atom stereocenters. The van der Waals surface area contributed by atoms with E-state index in [0.29, 0.717) is 11.6 Å². The highest BCUT2D eigenvalue weighted by Crippen LogP contribution is 2.35. The quantitative estimate of drug-likeness (QED) is 0.365. The lowest BCUT2D eigenvalue weighted by Crippen LogP contribution is -2.30. The molecule has 2 N–H and O–H groups in total. The van der Waals surface area contributed by atoms with Crippen LogP contribution in [0.25, 0.3) is 0 Å². The third-order valence-corrected chi connectivity index (χ3v) is 7.92. The number of hydrogen-bond donors (Lipinski definition) is 2. The summed E-state index contributed by atoms with van der Waals surface area (Å²) in [7, 11) is 0. The van der Waals surface area contributed by atoms with E-state index in [4.69, 9.17) is 0 Å². The van der Waals surface area contributed by atoms with Crippen molar-refractivity contribution in [3.8, 4) is 0 Å². The number of aliphatic hydroxyl groups is 2. The Labute approximate surface area is 196 Å². The van der Waals surface area contributed by atoms with Crippen LogP contribution >= 0.6 is 0 Å². The standard InChI is InChI=1S/C28H48O4/c1-27(2,19-29)17-7-13-21-9-5-11-23(25(21)31)15-16-24-12-6-10-22(26(24)32)14-8-18-28(3,4)20-30/h15-16,21-24,29-30H,5-14,17-20H2,1-4H3/b16-15+. The lowest BCUT2D eigenvalue weighted by Gasteiger charge is -2.29. The fraction of sp³-hybridized carbons (Fsp3) is 0.857. The summed E-state index contributed by atoms with van der Waals surface area (Å²) in [5.41, 5.74) is -0.133. The maximum atomic E-state index is 13.0. The van der Waals surface area contributed by atoms with Crippen LogP contribution in [-0.2, 0) is 9.59 Å². The van der Waals surface area contributed by atoms with Crippen LogP contribution in [0.3, 0.4) is 0 Å². The molecule has 0 aliphatic heterocycles. The summed E-state index contributed by atoms with van der Waals surface area (Å²) in [4.78, 5) is 26.1. The van der Waals surface area contributed by atoms with E-state index < -0.39 is 0 Å². The number of Topliss-reactive ketones (excluding diaryl/α,β-unsaturated/α-hetero) is 2. The monoisotopic (exact) mass is 448 g/mol. The van der Waals surface area contributed by atoms with Crippen LogP contribution in [0, 0.1) is 34.5 Å². The third-order valence-electron chi connectivity index (χ3n) is 7.92. The molecule has 0 amide bonds. The summed E-state index contributed by atoms with van der Waals surface area (Å²) in [6, 6.07) is 0. The molecule has 2 rings (SSSR count). The molecule has 0 aromatic carbocycles. The van der Waals surface area contributed by atoms with Gasteiger partial charge in [-0.1, -0.05) is 65.5 Å². The normalized spacial score (nSPS) is 27.9. The van der Waals surface area contributed by atoms with Gasteiger partial charge in [0, 0.05) is 36.9 Å². The second kappa shape index (κ2) is 12.5. The van der Waals surface area contributed by atoms with E-state index in [1.54, 1.807) is 0 Å². The van der Waals surface area contributed by atoms with Gasteiger partial charge >= 0.3 is 0 Å². The first kappa shape index (κ1) is 27.2. The van der Waals surface area contributed by atoms with Gasteiger partial charge in [0.25, 0.3) is 0 Å². The highest BCUT2D eigenvalue weighted by molar-refractivity contribution is 5.87. The Morgan fingerprint density at radius 2 is 1.09 bits per heavy atom. The fourth-order valence-corrected chi connectivity index (χ4v) is 5.38. The van der Waals surface area contributed by atoms with Crippen molar-refractivity contribution in [2.45, 2.75) is 105 Å². The Kier molecular flexibility index (Phi) is 10.6. The molecule has 4 heteroatoms. The molecule has 2 aliphatic carbocycles. The van der Waals surface area contributed by atoms with E-state index >= 15 is 0 Å². The summed E-state index contributed by atoms with van der Waals surface area (Å²) >= 11 is 0. The maximum absolute atomic E-state index is 13.0. The first-order chi connectivity index (χ1) is 15.1. The van der Waals surface area contributed by atoms with Gasteiger partial charge in [-0.25, -0.2) is 0 Å².